The summed E-state index contributed by atoms with van der Waals surface area (Å²) in [6.45, 7) is 13.5. The number of rotatable bonds is 5. The van der Waals surface area contributed by atoms with Crippen LogP contribution >= 0.6 is 0 Å². The van der Waals surface area contributed by atoms with E-state index in [1.54, 1.807) is 5.57 Å². The number of hydrogen-bond donors (Lipinski definition) is 2. The predicted molar refractivity (Wildman–Crippen MR) is 118 cm³/mol. The molecule has 8 atom stereocenters. The van der Waals surface area contributed by atoms with Crippen LogP contribution in [0, 0.1) is 40.4 Å². The van der Waals surface area contributed by atoms with Gasteiger partial charge >= 0.3 is 0 Å². The van der Waals surface area contributed by atoms with Crippen LogP contribution in [0.5, 0.6) is 0 Å². The highest BCUT2D eigenvalue weighted by molar-refractivity contribution is 5.25. The molecule has 0 bridgehead atoms. The summed E-state index contributed by atoms with van der Waals surface area (Å²) in [5.74, 6) is 4.29. The summed E-state index contributed by atoms with van der Waals surface area (Å²) >= 11 is 0. The van der Waals surface area contributed by atoms with Crippen molar-refractivity contribution in [1.82, 2.24) is 5.32 Å². The Bertz CT molecular complexity index is 597. The molecule has 0 aromatic carbocycles. The molecule has 1 unspecified atom stereocenters. The lowest BCUT2D eigenvalue weighted by Gasteiger charge is -2.58. The zero-order valence-corrected chi connectivity index (χ0v) is 19.1. The van der Waals surface area contributed by atoms with Gasteiger partial charge in [-0.1, -0.05) is 39.3 Å². The topological polar surface area (TPSA) is 32.3 Å². The largest absolute Gasteiger partial charge is 0.393 e. The Morgan fingerprint density at radius 1 is 1.07 bits per heavy atom. The average molecular weight is 388 g/mol. The highest BCUT2D eigenvalue weighted by Crippen LogP contribution is 2.66. The number of aliphatic hydroxyl groups is 1. The van der Waals surface area contributed by atoms with E-state index in [2.05, 4.69) is 46.0 Å². The monoisotopic (exact) mass is 387 g/mol. The number of allylic oxidation sites excluding steroid dienone is 1. The van der Waals surface area contributed by atoms with E-state index in [1.807, 2.05) is 0 Å². The minimum absolute atomic E-state index is 0.0849. The number of aliphatic hydroxyl groups excluding tert-OH is 1. The smallest absolute Gasteiger partial charge is 0.0577 e. The molecule has 0 amide bonds. The Labute approximate surface area is 173 Å². The molecule has 0 radical (unpaired) electrons. The van der Waals surface area contributed by atoms with Crippen molar-refractivity contribution < 1.29 is 5.11 Å². The highest BCUT2D eigenvalue weighted by atomic mass is 16.3. The summed E-state index contributed by atoms with van der Waals surface area (Å²) in [5, 5.41) is 14.1. The van der Waals surface area contributed by atoms with Crippen LogP contribution in [0.3, 0.4) is 0 Å². The van der Waals surface area contributed by atoms with Gasteiger partial charge in [0.15, 0.2) is 0 Å². The molecule has 4 rings (SSSR count). The van der Waals surface area contributed by atoms with Crippen molar-refractivity contribution in [2.75, 3.05) is 6.54 Å². The van der Waals surface area contributed by atoms with Gasteiger partial charge in [0.1, 0.15) is 0 Å². The van der Waals surface area contributed by atoms with Crippen LogP contribution in [0.2, 0.25) is 0 Å². The Morgan fingerprint density at radius 2 is 1.86 bits per heavy atom. The van der Waals surface area contributed by atoms with Crippen LogP contribution < -0.4 is 5.32 Å². The lowest BCUT2D eigenvalue weighted by molar-refractivity contribution is -0.0535. The minimum Gasteiger partial charge on any atom is -0.393 e. The van der Waals surface area contributed by atoms with Crippen molar-refractivity contribution in [3.05, 3.63) is 11.6 Å². The third kappa shape index (κ3) is 3.41. The van der Waals surface area contributed by atoms with Gasteiger partial charge in [0.25, 0.3) is 0 Å². The van der Waals surface area contributed by atoms with Gasteiger partial charge in [-0.05, 0) is 112 Å². The molecule has 28 heavy (non-hydrogen) atoms. The molecule has 0 aromatic heterocycles. The molecule has 0 aliphatic heterocycles. The molecule has 2 heteroatoms. The molecular formula is C26H45NO. The Balaban J connectivity index is 1.49. The van der Waals surface area contributed by atoms with Crippen molar-refractivity contribution in [2.24, 2.45) is 40.4 Å². The molecule has 0 aromatic rings. The van der Waals surface area contributed by atoms with Gasteiger partial charge in [-0.25, -0.2) is 0 Å². The van der Waals surface area contributed by atoms with Crippen LogP contribution in [-0.2, 0) is 0 Å². The van der Waals surface area contributed by atoms with E-state index in [-0.39, 0.29) is 6.10 Å². The standard InChI is InChI=1S/C26H45NO/c1-17(2)12-15-27-18(3)22-8-9-23-21-7-6-19-16-20(28)10-13-25(19,4)24(21)11-14-26(22,23)5/h6,17-18,20-24,27-28H,7-16H2,1-5H3/t18?,20-,21-,22+,23-,24-,25-,26+/m0/s1. The molecule has 160 valence electrons. The zero-order valence-electron chi connectivity index (χ0n) is 19.1. The molecule has 2 N–H and O–H groups in total. The first-order valence-electron chi connectivity index (χ1n) is 12.4. The van der Waals surface area contributed by atoms with E-state index in [1.165, 1.54) is 51.5 Å². The van der Waals surface area contributed by atoms with Gasteiger partial charge in [-0.15, -0.1) is 0 Å². The van der Waals surface area contributed by atoms with Gasteiger partial charge < -0.3 is 10.4 Å². The number of hydrogen-bond acceptors (Lipinski definition) is 2. The van der Waals surface area contributed by atoms with Crippen LogP contribution in [0.15, 0.2) is 11.6 Å². The Hall–Kier alpha value is -0.340. The third-order valence-corrected chi connectivity index (χ3v) is 9.94. The summed E-state index contributed by atoms with van der Waals surface area (Å²) in [4.78, 5) is 0. The van der Waals surface area contributed by atoms with Gasteiger partial charge in [0.05, 0.1) is 6.10 Å². The van der Waals surface area contributed by atoms with Gasteiger partial charge in [-0.3, -0.25) is 0 Å². The first-order valence-corrected chi connectivity index (χ1v) is 12.4. The second-order valence-corrected chi connectivity index (χ2v) is 11.8. The molecule has 3 fully saturated rings. The molecule has 4 aliphatic rings. The normalized spacial score (nSPS) is 46.5. The van der Waals surface area contributed by atoms with E-state index in [0.29, 0.717) is 16.9 Å². The minimum atomic E-state index is -0.0849. The Kier molecular flexibility index (Phi) is 5.77. The van der Waals surface area contributed by atoms with Gasteiger partial charge in [-0.2, -0.15) is 0 Å². The lowest BCUT2D eigenvalue weighted by Crippen LogP contribution is -2.52. The maximum Gasteiger partial charge on any atom is 0.0577 e. The molecule has 0 saturated heterocycles. The van der Waals surface area contributed by atoms with E-state index < -0.39 is 0 Å². The van der Waals surface area contributed by atoms with Crippen molar-refractivity contribution in [3.63, 3.8) is 0 Å². The summed E-state index contributed by atoms with van der Waals surface area (Å²) < 4.78 is 0. The van der Waals surface area contributed by atoms with Crippen molar-refractivity contribution in [1.29, 1.82) is 0 Å². The fourth-order valence-corrected chi connectivity index (χ4v) is 8.25. The fraction of sp³-hybridized carbons (Fsp3) is 0.923. The second-order valence-electron chi connectivity index (χ2n) is 11.8. The summed E-state index contributed by atoms with van der Waals surface area (Å²) in [6.07, 6.45) is 13.9. The summed E-state index contributed by atoms with van der Waals surface area (Å²) in [7, 11) is 0. The van der Waals surface area contributed by atoms with E-state index in [9.17, 15) is 5.11 Å². The number of nitrogens with one attached hydrogen (secondary N) is 1. The van der Waals surface area contributed by atoms with Gasteiger partial charge in [0, 0.05) is 6.04 Å². The zero-order chi connectivity index (χ0) is 20.1. The SMILES string of the molecule is CC(C)CCNC(C)[C@H]1CC[C@H]2[C@@H]3CC=C4C[C@@H](O)CC[C@]4(C)[C@H]3CC[C@]12C. The quantitative estimate of drug-likeness (QED) is 0.571. The van der Waals surface area contributed by atoms with Crippen molar-refractivity contribution in [2.45, 2.75) is 105 Å². The molecule has 4 aliphatic carbocycles. The molecule has 0 spiro atoms. The molecule has 0 heterocycles. The van der Waals surface area contributed by atoms with Crippen LogP contribution in [0.4, 0.5) is 0 Å². The second kappa shape index (κ2) is 7.73. The summed E-state index contributed by atoms with van der Waals surface area (Å²) in [5.41, 5.74) is 2.51. The number of fused-ring (bicyclic) bond motifs is 5. The van der Waals surface area contributed by atoms with E-state index in [4.69, 9.17) is 0 Å². The highest BCUT2D eigenvalue weighted by Gasteiger charge is 2.59. The average Bonchev–Trinajstić information content (AvgIpc) is 2.99. The molecular weight excluding hydrogens is 342 g/mol. The first-order chi connectivity index (χ1) is 13.3. The van der Waals surface area contributed by atoms with Crippen LogP contribution in [0.1, 0.15) is 92.4 Å². The lowest BCUT2D eigenvalue weighted by atomic mass is 9.47. The van der Waals surface area contributed by atoms with Gasteiger partial charge in [0.2, 0.25) is 0 Å². The summed E-state index contributed by atoms with van der Waals surface area (Å²) in [6, 6.07) is 0.653. The van der Waals surface area contributed by atoms with Crippen LogP contribution in [-0.4, -0.2) is 23.8 Å². The predicted octanol–water partition coefficient (Wildman–Crippen LogP) is 5.95. The van der Waals surface area contributed by atoms with Crippen LogP contribution in [0.25, 0.3) is 0 Å². The maximum absolute atomic E-state index is 10.2. The van der Waals surface area contributed by atoms with E-state index in [0.717, 1.165) is 42.4 Å². The molecule has 3 saturated carbocycles. The molecule has 2 nitrogen and oxygen atoms in total. The Morgan fingerprint density at radius 3 is 2.61 bits per heavy atom. The first kappa shape index (κ1) is 20.9. The maximum atomic E-state index is 10.2. The third-order valence-electron chi connectivity index (χ3n) is 9.94. The fourth-order valence-electron chi connectivity index (χ4n) is 8.25. The van der Waals surface area contributed by atoms with Crippen molar-refractivity contribution in [3.8, 4) is 0 Å². The van der Waals surface area contributed by atoms with Crippen molar-refractivity contribution >= 4 is 0 Å². The van der Waals surface area contributed by atoms with E-state index >= 15 is 0 Å².